The first-order valence-corrected chi connectivity index (χ1v) is 7.04. The standard InChI is InChI=1S/C15H28/c1-11(2)13-9-15(7-5-6-8-15)10-14(13)12(3)4/h11-14H,5-10H2,1-4H3. The highest BCUT2D eigenvalue weighted by atomic mass is 14.5. The summed E-state index contributed by atoms with van der Waals surface area (Å²) in [5.41, 5.74) is 0.796. The molecule has 0 heterocycles. The van der Waals surface area contributed by atoms with Gasteiger partial charge in [-0.25, -0.2) is 0 Å². The summed E-state index contributed by atoms with van der Waals surface area (Å²) < 4.78 is 0. The summed E-state index contributed by atoms with van der Waals surface area (Å²) in [6.07, 6.45) is 9.20. The minimum atomic E-state index is 0.796. The summed E-state index contributed by atoms with van der Waals surface area (Å²) in [6, 6.07) is 0. The molecule has 0 aromatic carbocycles. The molecule has 2 atom stereocenters. The lowest BCUT2D eigenvalue weighted by atomic mass is 9.80. The molecule has 0 radical (unpaired) electrons. The van der Waals surface area contributed by atoms with E-state index < -0.39 is 0 Å². The Morgan fingerprint density at radius 1 is 0.800 bits per heavy atom. The molecule has 2 fully saturated rings. The first-order valence-electron chi connectivity index (χ1n) is 7.04. The third-order valence-electron chi connectivity index (χ3n) is 5.26. The second-order valence-corrected chi connectivity index (χ2v) is 6.93. The monoisotopic (exact) mass is 208 g/mol. The van der Waals surface area contributed by atoms with Crippen molar-refractivity contribution in [2.75, 3.05) is 0 Å². The topological polar surface area (TPSA) is 0 Å². The zero-order valence-electron chi connectivity index (χ0n) is 11.1. The van der Waals surface area contributed by atoms with Crippen LogP contribution in [0, 0.1) is 29.1 Å². The fourth-order valence-corrected chi connectivity index (χ4v) is 4.38. The van der Waals surface area contributed by atoms with Crippen LogP contribution in [0.25, 0.3) is 0 Å². The van der Waals surface area contributed by atoms with E-state index in [1.54, 1.807) is 25.7 Å². The van der Waals surface area contributed by atoms with Crippen molar-refractivity contribution in [3.8, 4) is 0 Å². The third kappa shape index (κ3) is 2.10. The number of rotatable bonds is 2. The maximum atomic E-state index is 2.44. The minimum Gasteiger partial charge on any atom is -0.0625 e. The molecule has 0 amide bonds. The van der Waals surface area contributed by atoms with E-state index in [0.29, 0.717) is 0 Å². The fraction of sp³-hybridized carbons (Fsp3) is 1.00. The molecule has 2 unspecified atom stereocenters. The van der Waals surface area contributed by atoms with E-state index in [-0.39, 0.29) is 0 Å². The Kier molecular flexibility index (Phi) is 3.14. The maximum absolute atomic E-state index is 2.44. The smallest absolute Gasteiger partial charge is 0.0292 e. The van der Waals surface area contributed by atoms with E-state index in [1.807, 2.05) is 0 Å². The van der Waals surface area contributed by atoms with E-state index in [4.69, 9.17) is 0 Å². The van der Waals surface area contributed by atoms with Gasteiger partial charge in [-0.05, 0) is 54.8 Å². The Labute approximate surface area is 95.8 Å². The zero-order valence-corrected chi connectivity index (χ0v) is 11.1. The highest BCUT2D eigenvalue weighted by Crippen LogP contribution is 2.58. The molecule has 15 heavy (non-hydrogen) atoms. The van der Waals surface area contributed by atoms with Gasteiger partial charge in [0, 0.05) is 0 Å². The van der Waals surface area contributed by atoms with Gasteiger partial charge in [-0.1, -0.05) is 40.5 Å². The molecule has 2 aliphatic rings. The van der Waals surface area contributed by atoms with Gasteiger partial charge in [0.25, 0.3) is 0 Å². The summed E-state index contributed by atoms with van der Waals surface area (Å²) >= 11 is 0. The Bertz CT molecular complexity index is 190. The molecule has 2 saturated carbocycles. The first kappa shape index (κ1) is 11.5. The van der Waals surface area contributed by atoms with Gasteiger partial charge < -0.3 is 0 Å². The summed E-state index contributed by atoms with van der Waals surface area (Å²) in [5, 5.41) is 0. The molecular formula is C15H28. The van der Waals surface area contributed by atoms with Crippen molar-refractivity contribution < 1.29 is 0 Å². The minimum absolute atomic E-state index is 0.796. The van der Waals surface area contributed by atoms with Crippen LogP contribution in [0.5, 0.6) is 0 Å². The zero-order chi connectivity index (χ0) is 11.1. The molecule has 2 aliphatic carbocycles. The molecule has 0 aliphatic heterocycles. The van der Waals surface area contributed by atoms with Crippen LogP contribution in [0.15, 0.2) is 0 Å². The van der Waals surface area contributed by atoms with Crippen LogP contribution in [-0.4, -0.2) is 0 Å². The van der Waals surface area contributed by atoms with Gasteiger partial charge in [-0.2, -0.15) is 0 Å². The predicted molar refractivity (Wildman–Crippen MR) is 66.8 cm³/mol. The van der Waals surface area contributed by atoms with Gasteiger partial charge in [0.05, 0.1) is 0 Å². The lowest BCUT2D eigenvalue weighted by Gasteiger charge is -2.26. The Morgan fingerprint density at radius 2 is 1.20 bits per heavy atom. The number of hydrogen-bond acceptors (Lipinski definition) is 0. The third-order valence-corrected chi connectivity index (χ3v) is 5.26. The molecular weight excluding hydrogens is 180 g/mol. The van der Waals surface area contributed by atoms with Gasteiger partial charge in [-0.3, -0.25) is 0 Å². The molecule has 0 aromatic heterocycles. The van der Waals surface area contributed by atoms with Crippen molar-refractivity contribution >= 4 is 0 Å². The highest BCUT2D eigenvalue weighted by Gasteiger charge is 2.47. The van der Waals surface area contributed by atoms with Crippen LogP contribution in [0.2, 0.25) is 0 Å². The largest absolute Gasteiger partial charge is 0.0625 e. The Balaban J connectivity index is 2.11. The average Bonchev–Trinajstić information content (AvgIpc) is 2.74. The maximum Gasteiger partial charge on any atom is -0.0292 e. The summed E-state index contributed by atoms with van der Waals surface area (Å²) in [7, 11) is 0. The number of hydrogen-bond donors (Lipinski definition) is 0. The molecule has 0 saturated heterocycles. The molecule has 2 rings (SSSR count). The normalized spacial score (nSPS) is 34.8. The van der Waals surface area contributed by atoms with Gasteiger partial charge in [-0.15, -0.1) is 0 Å². The van der Waals surface area contributed by atoms with Crippen LogP contribution in [0.4, 0.5) is 0 Å². The van der Waals surface area contributed by atoms with Gasteiger partial charge >= 0.3 is 0 Å². The van der Waals surface area contributed by atoms with E-state index in [1.165, 1.54) is 12.8 Å². The van der Waals surface area contributed by atoms with Crippen molar-refractivity contribution in [2.45, 2.75) is 66.2 Å². The lowest BCUT2D eigenvalue weighted by molar-refractivity contribution is 0.235. The van der Waals surface area contributed by atoms with Gasteiger partial charge in [0.1, 0.15) is 0 Å². The second-order valence-electron chi connectivity index (χ2n) is 6.93. The first-order chi connectivity index (χ1) is 7.04. The van der Waals surface area contributed by atoms with Crippen LogP contribution >= 0.6 is 0 Å². The van der Waals surface area contributed by atoms with E-state index >= 15 is 0 Å². The molecule has 0 N–H and O–H groups in total. The van der Waals surface area contributed by atoms with Crippen LogP contribution in [0.3, 0.4) is 0 Å². The van der Waals surface area contributed by atoms with Crippen molar-refractivity contribution in [1.82, 2.24) is 0 Å². The average molecular weight is 208 g/mol. The van der Waals surface area contributed by atoms with Gasteiger partial charge in [0.2, 0.25) is 0 Å². The second kappa shape index (κ2) is 4.11. The van der Waals surface area contributed by atoms with Crippen LogP contribution < -0.4 is 0 Å². The molecule has 0 heteroatoms. The van der Waals surface area contributed by atoms with Crippen molar-refractivity contribution in [3.63, 3.8) is 0 Å². The van der Waals surface area contributed by atoms with Crippen LogP contribution in [-0.2, 0) is 0 Å². The fourth-order valence-electron chi connectivity index (χ4n) is 4.38. The van der Waals surface area contributed by atoms with Gasteiger partial charge in [0.15, 0.2) is 0 Å². The van der Waals surface area contributed by atoms with Crippen LogP contribution in [0.1, 0.15) is 66.2 Å². The van der Waals surface area contributed by atoms with E-state index in [2.05, 4.69) is 27.7 Å². The SMILES string of the molecule is CC(C)C1CC2(CCCC2)CC1C(C)C. The highest BCUT2D eigenvalue weighted by molar-refractivity contribution is 4.98. The van der Waals surface area contributed by atoms with Crippen molar-refractivity contribution in [2.24, 2.45) is 29.1 Å². The Morgan fingerprint density at radius 3 is 1.53 bits per heavy atom. The summed E-state index contributed by atoms with van der Waals surface area (Å²) in [5.74, 6) is 3.83. The van der Waals surface area contributed by atoms with Crippen molar-refractivity contribution in [3.05, 3.63) is 0 Å². The molecule has 1 spiro atoms. The molecule has 0 bridgehead atoms. The Hall–Kier alpha value is 0. The molecule has 0 nitrogen and oxygen atoms in total. The lowest BCUT2D eigenvalue weighted by Crippen LogP contribution is -2.18. The summed E-state index contributed by atoms with van der Waals surface area (Å²) in [4.78, 5) is 0. The predicted octanol–water partition coefficient (Wildman–Crippen LogP) is 4.89. The molecule has 88 valence electrons. The quantitative estimate of drug-likeness (QED) is 0.606. The molecule has 0 aromatic rings. The van der Waals surface area contributed by atoms with E-state index in [9.17, 15) is 0 Å². The summed E-state index contributed by atoms with van der Waals surface area (Å²) in [6.45, 7) is 9.75. The van der Waals surface area contributed by atoms with Crippen molar-refractivity contribution in [1.29, 1.82) is 0 Å². The van der Waals surface area contributed by atoms with E-state index in [0.717, 1.165) is 29.1 Å².